The van der Waals surface area contributed by atoms with Crippen molar-refractivity contribution in [1.82, 2.24) is 0 Å². The molecule has 1 aromatic rings. The van der Waals surface area contributed by atoms with Crippen LogP contribution in [0.5, 0.6) is 5.75 Å². The Labute approximate surface area is 89.0 Å². The van der Waals surface area contributed by atoms with Crippen LogP contribution in [0.15, 0.2) is 12.1 Å². The van der Waals surface area contributed by atoms with E-state index in [4.69, 9.17) is 15.2 Å². The summed E-state index contributed by atoms with van der Waals surface area (Å²) in [4.78, 5) is 0. The highest BCUT2D eigenvalue weighted by Gasteiger charge is 2.06. The predicted molar refractivity (Wildman–Crippen MR) is 57.5 cm³/mol. The van der Waals surface area contributed by atoms with E-state index in [1.807, 2.05) is 6.92 Å². The highest BCUT2D eigenvalue weighted by molar-refractivity contribution is 5.50. The molecule has 15 heavy (non-hydrogen) atoms. The lowest BCUT2D eigenvalue weighted by molar-refractivity contribution is 0.170. The molecule has 0 heterocycles. The largest absolute Gasteiger partial charge is 0.490 e. The lowest BCUT2D eigenvalue weighted by Crippen LogP contribution is -2.03. The van der Waals surface area contributed by atoms with E-state index in [2.05, 4.69) is 0 Å². The number of ether oxygens (including phenoxy) is 2. The number of methoxy groups -OCH3 is 1. The van der Waals surface area contributed by atoms with Gasteiger partial charge >= 0.3 is 0 Å². The lowest BCUT2D eigenvalue weighted by atomic mass is 10.2. The Balaban J connectivity index is 2.57. The zero-order valence-electron chi connectivity index (χ0n) is 9.05. The van der Waals surface area contributed by atoms with Crippen LogP contribution in [0.2, 0.25) is 0 Å². The number of nitrogen functional groups attached to an aromatic ring is 1. The predicted octanol–water partition coefficient (Wildman–Crippen LogP) is 2.13. The standard InChI is InChI=1S/C11H16FNO2/c1-8-6-11(9(12)7-10(8)13)15-5-3-4-14-2/h6-7H,3-5,13H2,1-2H3. The molecule has 84 valence electrons. The SMILES string of the molecule is COCCCOc1cc(C)c(N)cc1F. The number of aryl methyl sites for hydroxylation is 1. The van der Waals surface area contributed by atoms with Crippen molar-refractivity contribution in [3.05, 3.63) is 23.5 Å². The van der Waals surface area contributed by atoms with Crippen LogP contribution in [0.1, 0.15) is 12.0 Å². The molecule has 0 atom stereocenters. The molecule has 4 heteroatoms. The van der Waals surface area contributed by atoms with Gasteiger partial charge in [-0.2, -0.15) is 0 Å². The summed E-state index contributed by atoms with van der Waals surface area (Å²) in [6, 6.07) is 2.89. The van der Waals surface area contributed by atoms with Gasteiger partial charge in [0.25, 0.3) is 0 Å². The first-order valence-electron chi connectivity index (χ1n) is 4.82. The average molecular weight is 213 g/mol. The van der Waals surface area contributed by atoms with E-state index in [9.17, 15) is 4.39 Å². The maximum absolute atomic E-state index is 13.3. The van der Waals surface area contributed by atoms with Crippen molar-refractivity contribution in [3.63, 3.8) is 0 Å². The molecule has 0 saturated carbocycles. The first kappa shape index (κ1) is 11.8. The van der Waals surface area contributed by atoms with Gasteiger partial charge in [0.05, 0.1) is 6.61 Å². The van der Waals surface area contributed by atoms with Crippen LogP contribution in [-0.4, -0.2) is 20.3 Å². The van der Waals surface area contributed by atoms with Gasteiger partial charge in [0.15, 0.2) is 11.6 Å². The van der Waals surface area contributed by atoms with Crippen molar-refractivity contribution in [3.8, 4) is 5.75 Å². The van der Waals surface area contributed by atoms with Crippen molar-refractivity contribution < 1.29 is 13.9 Å². The second kappa shape index (κ2) is 5.56. The Morgan fingerprint density at radius 2 is 2.07 bits per heavy atom. The van der Waals surface area contributed by atoms with Crippen molar-refractivity contribution in [2.24, 2.45) is 0 Å². The third-order valence-corrected chi connectivity index (χ3v) is 2.07. The fourth-order valence-electron chi connectivity index (χ4n) is 1.17. The summed E-state index contributed by atoms with van der Waals surface area (Å²) in [6.45, 7) is 2.86. The molecule has 0 aliphatic carbocycles. The van der Waals surface area contributed by atoms with Crippen molar-refractivity contribution in [2.75, 3.05) is 26.1 Å². The third kappa shape index (κ3) is 3.40. The molecule has 0 bridgehead atoms. The van der Waals surface area contributed by atoms with Gasteiger partial charge in [-0.25, -0.2) is 4.39 Å². The maximum atomic E-state index is 13.3. The average Bonchev–Trinajstić information content (AvgIpc) is 2.20. The van der Waals surface area contributed by atoms with Gasteiger partial charge in [-0.1, -0.05) is 0 Å². The van der Waals surface area contributed by atoms with E-state index in [0.717, 1.165) is 12.0 Å². The molecule has 2 N–H and O–H groups in total. The summed E-state index contributed by atoms with van der Waals surface area (Å²) in [5.74, 6) is -0.173. The van der Waals surface area contributed by atoms with Crippen molar-refractivity contribution in [2.45, 2.75) is 13.3 Å². The minimum absolute atomic E-state index is 0.248. The Morgan fingerprint density at radius 3 is 2.73 bits per heavy atom. The molecule has 0 spiro atoms. The molecule has 0 aliphatic rings. The zero-order chi connectivity index (χ0) is 11.3. The van der Waals surface area contributed by atoms with Crippen LogP contribution >= 0.6 is 0 Å². The molecule has 0 aliphatic heterocycles. The van der Waals surface area contributed by atoms with E-state index in [-0.39, 0.29) is 5.75 Å². The van der Waals surface area contributed by atoms with Crippen LogP contribution in [-0.2, 0) is 4.74 Å². The molecule has 0 amide bonds. The van der Waals surface area contributed by atoms with E-state index < -0.39 is 5.82 Å². The first-order valence-corrected chi connectivity index (χ1v) is 4.82. The number of hydrogen-bond donors (Lipinski definition) is 1. The number of benzene rings is 1. The minimum Gasteiger partial charge on any atom is -0.490 e. The maximum Gasteiger partial charge on any atom is 0.167 e. The van der Waals surface area contributed by atoms with Gasteiger partial charge < -0.3 is 15.2 Å². The third-order valence-electron chi connectivity index (χ3n) is 2.07. The van der Waals surface area contributed by atoms with Crippen LogP contribution in [0.25, 0.3) is 0 Å². The van der Waals surface area contributed by atoms with E-state index in [1.165, 1.54) is 6.07 Å². The number of anilines is 1. The van der Waals surface area contributed by atoms with Gasteiger partial charge in [0.1, 0.15) is 0 Å². The molecule has 3 nitrogen and oxygen atoms in total. The summed E-state index contributed by atoms with van der Waals surface area (Å²) in [7, 11) is 1.62. The lowest BCUT2D eigenvalue weighted by Gasteiger charge is -2.09. The van der Waals surface area contributed by atoms with Gasteiger partial charge in [-0.05, 0) is 18.6 Å². The number of rotatable bonds is 5. The van der Waals surface area contributed by atoms with Crippen LogP contribution in [0.4, 0.5) is 10.1 Å². The molecule has 0 radical (unpaired) electrons. The molecule has 0 aromatic heterocycles. The van der Waals surface area contributed by atoms with Gasteiger partial charge in [0, 0.05) is 31.9 Å². The summed E-state index contributed by atoms with van der Waals surface area (Å²) >= 11 is 0. The smallest absolute Gasteiger partial charge is 0.167 e. The molecule has 1 rings (SSSR count). The zero-order valence-corrected chi connectivity index (χ0v) is 9.05. The summed E-state index contributed by atoms with van der Waals surface area (Å²) in [5, 5.41) is 0. The number of hydrogen-bond acceptors (Lipinski definition) is 3. The highest BCUT2D eigenvalue weighted by Crippen LogP contribution is 2.23. The molecular formula is C11H16FNO2. The monoisotopic (exact) mass is 213 g/mol. The Morgan fingerprint density at radius 1 is 1.33 bits per heavy atom. The van der Waals surface area contributed by atoms with Crippen molar-refractivity contribution >= 4 is 5.69 Å². The Bertz CT molecular complexity index is 329. The first-order chi connectivity index (χ1) is 7.15. The quantitative estimate of drug-likeness (QED) is 0.602. The summed E-state index contributed by atoms with van der Waals surface area (Å²) in [6.07, 6.45) is 0.735. The van der Waals surface area contributed by atoms with Gasteiger partial charge in [0.2, 0.25) is 0 Å². The fourth-order valence-corrected chi connectivity index (χ4v) is 1.17. The van der Waals surface area contributed by atoms with Gasteiger partial charge in [-0.3, -0.25) is 0 Å². The van der Waals surface area contributed by atoms with Crippen LogP contribution < -0.4 is 10.5 Å². The summed E-state index contributed by atoms with van der Waals surface area (Å²) in [5.41, 5.74) is 6.81. The summed E-state index contributed by atoms with van der Waals surface area (Å²) < 4.78 is 23.4. The Hall–Kier alpha value is -1.29. The second-order valence-corrected chi connectivity index (χ2v) is 3.33. The minimum atomic E-state index is -0.421. The number of nitrogens with two attached hydrogens (primary N) is 1. The van der Waals surface area contributed by atoms with Crippen molar-refractivity contribution in [1.29, 1.82) is 0 Å². The topological polar surface area (TPSA) is 44.5 Å². The fraction of sp³-hybridized carbons (Fsp3) is 0.455. The molecule has 0 fully saturated rings. The van der Waals surface area contributed by atoms with Gasteiger partial charge in [-0.15, -0.1) is 0 Å². The molecule has 0 saturated heterocycles. The van der Waals surface area contributed by atoms with E-state index >= 15 is 0 Å². The highest BCUT2D eigenvalue weighted by atomic mass is 19.1. The second-order valence-electron chi connectivity index (χ2n) is 3.33. The van der Waals surface area contributed by atoms with E-state index in [1.54, 1.807) is 13.2 Å². The molecule has 1 aromatic carbocycles. The number of halogens is 1. The molecular weight excluding hydrogens is 197 g/mol. The van der Waals surface area contributed by atoms with Crippen LogP contribution in [0.3, 0.4) is 0 Å². The normalized spacial score (nSPS) is 10.3. The van der Waals surface area contributed by atoms with E-state index in [0.29, 0.717) is 18.9 Å². The van der Waals surface area contributed by atoms with Crippen LogP contribution in [0, 0.1) is 12.7 Å². The Kier molecular flexibility index (Phi) is 4.37. The molecule has 0 unspecified atom stereocenters.